The molecule has 5 nitrogen and oxygen atoms in total. The Kier molecular flexibility index (Phi) is 6.28. The summed E-state index contributed by atoms with van der Waals surface area (Å²) in [5.74, 6) is 0.428. The number of carbonyl (C=O) groups excluding carboxylic acids is 2. The number of likely N-dealkylation sites (tertiary alicyclic amines) is 1. The number of amides is 2. The number of rotatable bonds is 7. The van der Waals surface area contributed by atoms with Crippen LogP contribution in [0.2, 0.25) is 0 Å². The Morgan fingerprint density at radius 3 is 2.74 bits per heavy atom. The van der Waals surface area contributed by atoms with Crippen LogP contribution < -0.4 is 5.32 Å². The molecule has 19 heavy (non-hydrogen) atoms. The van der Waals surface area contributed by atoms with E-state index >= 15 is 0 Å². The van der Waals surface area contributed by atoms with Gasteiger partial charge in [0.25, 0.3) is 0 Å². The molecule has 1 unspecified atom stereocenters. The highest BCUT2D eigenvalue weighted by atomic mass is 16.2. The summed E-state index contributed by atoms with van der Waals surface area (Å²) in [4.78, 5) is 27.7. The van der Waals surface area contributed by atoms with Crippen molar-refractivity contribution in [3.05, 3.63) is 0 Å². The van der Waals surface area contributed by atoms with E-state index in [1.807, 2.05) is 19.0 Å². The van der Waals surface area contributed by atoms with Crippen LogP contribution in [0.1, 0.15) is 26.7 Å². The van der Waals surface area contributed by atoms with Gasteiger partial charge in [0.2, 0.25) is 11.8 Å². The lowest BCUT2D eigenvalue weighted by atomic mass is 10.1. The number of hydrogen-bond acceptors (Lipinski definition) is 3. The summed E-state index contributed by atoms with van der Waals surface area (Å²) in [7, 11) is 4.03. The van der Waals surface area contributed by atoms with Crippen LogP contribution in [0.5, 0.6) is 0 Å². The number of hydrogen-bond donors (Lipinski definition) is 1. The fourth-order valence-corrected chi connectivity index (χ4v) is 2.32. The molecule has 1 N–H and O–H groups in total. The lowest BCUT2D eigenvalue weighted by molar-refractivity contribution is -0.129. The molecule has 2 amide bonds. The minimum atomic E-state index is -0.161. The van der Waals surface area contributed by atoms with Crippen molar-refractivity contribution in [1.82, 2.24) is 15.1 Å². The summed E-state index contributed by atoms with van der Waals surface area (Å²) >= 11 is 0. The Morgan fingerprint density at radius 1 is 1.47 bits per heavy atom. The van der Waals surface area contributed by atoms with Crippen LogP contribution in [0, 0.1) is 11.8 Å². The van der Waals surface area contributed by atoms with E-state index in [9.17, 15) is 9.59 Å². The molecule has 0 aromatic carbocycles. The van der Waals surface area contributed by atoms with Crippen molar-refractivity contribution in [2.75, 3.05) is 40.3 Å². The monoisotopic (exact) mass is 269 g/mol. The highest BCUT2D eigenvalue weighted by molar-refractivity contribution is 5.89. The van der Waals surface area contributed by atoms with Crippen LogP contribution >= 0.6 is 0 Å². The van der Waals surface area contributed by atoms with Crippen LogP contribution in [0.4, 0.5) is 0 Å². The first-order valence-electron chi connectivity index (χ1n) is 7.10. The molecular formula is C14H27N3O2. The Bertz CT molecular complexity index is 316. The second-order valence-electron chi connectivity index (χ2n) is 6.04. The number of nitrogens with zero attached hydrogens (tertiary/aromatic N) is 2. The topological polar surface area (TPSA) is 52.7 Å². The van der Waals surface area contributed by atoms with E-state index in [0.29, 0.717) is 25.4 Å². The van der Waals surface area contributed by atoms with Gasteiger partial charge in [-0.1, -0.05) is 13.8 Å². The van der Waals surface area contributed by atoms with Gasteiger partial charge >= 0.3 is 0 Å². The summed E-state index contributed by atoms with van der Waals surface area (Å²) in [5.41, 5.74) is 0. The van der Waals surface area contributed by atoms with Crippen LogP contribution in [0.25, 0.3) is 0 Å². The van der Waals surface area contributed by atoms with Crippen molar-refractivity contribution in [1.29, 1.82) is 0 Å². The summed E-state index contributed by atoms with van der Waals surface area (Å²) < 4.78 is 0. The molecular weight excluding hydrogens is 242 g/mol. The van der Waals surface area contributed by atoms with Crippen molar-refractivity contribution in [2.24, 2.45) is 11.8 Å². The smallest absolute Gasteiger partial charge is 0.225 e. The predicted molar refractivity (Wildman–Crippen MR) is 75.7 cm³/mol. The van der Waals surface area contributed by atoms with Crippen molar-refractivity contribution in [3.8, 4) is 0 Å². The molecule has 0 saturated carbocycles. The molecule has 1 aliphatic heterocycles. The van der Waals surface area contributed by atoms with E-state index in [2.05, 4.69) is 24.1 Å². The molecule has 5 heteroatoms. The first-order chi connectivity index (χ1) is 8.90. The molecule has 0 spiro atoms. The van der Waals surface area contributed by atoms with Crippen LogP contribution in [-0.4, -0.2) is 61.9 Å². The molecule has 1 aliphatic rings. The van der Waals surface area contributed by atoms with Gasteiger partial charge in [-0.05, 0) is 33.0 Å². The molecule has 1 heterocycles. The molecule has 0 aliphatic carbocycles. The number of nitrogens with one attached hydrogen (secondary N) is 1. The van der Waals surface area contributed by atoms with E-state index in [-0.39, 0.29) is 17.7 Å². The Morgan fingerprint density at radius 2 is 2.16 bits per heavy atom. The van der Waals surface area contributed by atoms with E-state index in [1.165, 1.54) is 0 Å². The van der Waals surface area contributed by atoms with Gasteiger partial charge in [0.1, 0.15) is 0 Å². The average Bonchev–Trinajstić information content (AvgIpc) is 2.65. The second kappa shape index (κ2) is 7.48. The maximum atomic E-state index is 12.0. The first kappa shape index (κ1) is 16.0. The van der Waals surface area contributed by atoms with Gasteiger partial charge in [0.05, 0.1) is 5.92 Å². The molecule has 1 rings (SSSR count). The predicted octanol–water partition coefficient (Wildman–Crippen LogP) is 0.559. The first-order valence-corrected chi connectivity index (χ1v) is 7.10. The highest BCUT2D eigenvalue weighted by Crippen LogP contribution is 2.19. The summed E-state index contributed by atoms with van der Waals surface area (Å²) in [6.45, 7) is 7.15. The van der Waals surface area contributed by atoms with Gasteiger partial charge in [-0.15, -0.1) is 0 Å². The Hall–Kier alpha value is -1.10. The zero-order chi connectivity index (χ0) is 14.4. The summed E-state index contributed by atoms with van der Waals surface area (Å²) in [6, 6.07) is 0. The summed E-state index contributed by atoms with van der Waals surface area (Å²) in [5, 5.41) is 2.93. The zero-order valence-electron chi connectivity index (χ0n) is 12.6. The van der Waals surface area contributed by atoms with E-state index in [1.54, 1.807) is 0 Å². The SMILES string of the molecule is CC(C)CN1CC(C(=O)NCCCN(C)C)CC1=O. The minimum absolute atomic E-state index is 0.0263. The highest BCUT2D eigenvalue weighted by Gasteiger charge is 2.34. The van der Waals surface area contributed by atoms with Crippen LogP contribution in [-0.2, 0) is 9.59 Å². The zero-order valence-corrected chi connectivity index (χ0v) is 12.6. The van der Waals surface area contributed by atoms with Crippen molar-refractivity contribution in [3.63, 3.8) is 0 Å². The van der Waals surface area contributed by atoms with Gasteiger partial charge in [0.15, 0.2) is 0 Å². The molecule has 0 aromatic heterocycles. The maximum Gasteiger partial charge on any atom is 0.225 e. The van der Waals surface area contributed by atoms with Crippen LogP contribution in [0.3, 0.4) is 0 Å². The molecule has 110 valence electrons. The van der Waals surface area contributed by atoms with Gasteiger partial charge in [-0.25, -0.2) is 0 Å². The maximum absolute atomic E-state index is 12.0. The lowest BCUT2D eigenvalue weighted by Gasteiger charge is -2.18. The third-order valence-corrected chi connectivity index (χ3v) is 3.25. The van der Waals surface area contributed by atoms with Crippen molar-refractivity contribution in [2.45, 2.75) is 26.7 Å². The quantitative estimate of drug-likeness (QED) is 0.687. The lowest BCUT2D eigenvalue weighted by Crippen LogP contribution is -2.35. The van der Waals surface area contributed by atoms with E-state index in [4.69, 9.17) is 0 Å². The fraction of sp³-hybridized carbons (Fsp3) is 0.857. The van der Waals surface area contributed by atoms with E-state index < -0.39 is 0 Å². The second-order valence-corrected chi connectivity index (χ2v) is 6.04. The minimum Gasteiger partial charge on any atom is -0.356 e. The average molecular weight is 269 g/mol. The van der Waals surface area contributed by atoms with Crippen LogP contribution in [0.15, 0.2) is 0 Å². The standard InChI is InChI=1S/C14H27N3O2/c1-11(2)9-17-10-12(8-13(17)18)14(19)15-6-5-7-16(3)4/h11-12H,5-10H2,1-4H3,(H,15,19). The van der Waals surface area contributed by atoms with Crippen molar-refractivity contribution < 1.29 is 9.59 Å². The molecule has 1 saturated heterocycles. The Labute approximate surface area is 116 Å². The van der Waals surface area contributed by atoms with Gasteiger partial charge in [-0.2, -0.15) is 0 Å². The third kappa shape index (κ3) is 5.59. The number of carbonyl (C=O) groups is 2. The van der Waals surface area contributed by atoms with Crippen molar-refractivity contribution >= 4 is 11.8 Å². The van der Waals surface area contributed by atoms with Gasteiger partial charge in [-0.3, -0.25) is 9.59 Å². The molecule has 0 aromatic rings. The third-order valence-electron chi connectivity index (χ3n) is 3.25. The molecule has 0 radical (unpaired) electrons. The fourth-order valence-electron chi connectivity index (χ4n) is 2.32. The normalized spacial score (nSPS) is 19.6. The molecule has 0 bridgehead atoms. The largest absolute Gasteiger partial charge is 0.356 e. The molecule has 1 fully saturated rings. The Balaban J connectivity index is 2.29. The van der Waals surface area contributed by atoms with E-state index in [0.717, 1.165) is 19.5 Å². The summed E-state index contributed by atoms with van der Waals surface area (Å²) in [6.07, 6.45) is 1.31. The van der Waals surface area contributed by atoms with Gasteiger partial charge < -0.3 is 15.1 Å². The van der Waals surface area contributed by atoms with Gasteiger partial charge in [0, 0.05) is 26.1 Å². The molecule has 1 atom stereocenters.